The van der Waals surface area contributed by atoms with Crippen LogP contribution in [0.25, 0.3) is 6.08 Å². The quantitative estimate of drug-likeness (QED) is 0.491. The number of methoxy groups -OCH3 is 3. The van der Waals surface area contributed by atoms with Gasteiger partial charge < -0.3 is 19.1 Å². The zero-order valence-corrected chi connectivity index (χ0v) is 21.3. The summed E-state index contributed by atoms with van der Waals surface area (Å²) in [5.41, 5.74) is 3.20. The average Bonchev–Trinajstić information content (AvgIpc) is 3.16. The highest BCUT2D eigenvalue weighted by atomic mass is 32.1. The molecule has 1 aliphatic heterocycles. The maximum atomic E-state index is 13.7. The molecule has 2 aromatic carbocycles. The zero-order valence-electron chi connectivity index (χ0n) is 20.5. The minimum atomic E-state index is -0.725. The van der Waals surface area contributed by atoms with Crippen LogP contribution < -0.4 is 29.3 Å². The van der Waals surface area contributed by atoms with Crippen LogP contribution in [0, 0.1) is 0 Å². The number of rotatable bonds is 6. The Morgan fingerprint density at radius 3 is 2.34 bits per heavy atom. The summed E-state index contributed by atoms with van der Waals surface area (Å²) in [6, 6.07) is 12.5. The minimum Gasteiger partial charge on any atom is -0.493 e. The Labute approximate surface area is 207 Å². The molecule has 0 radical (unpaired) electrons. The van der Waals surface area contributed by atoms with Gasteiger partial charge >= 0.3 is 5.97 Å². The van der Waals surface area contributed by atoms with Crippen LogP contribution in [0.15, 0.2) is 63.5 Å². The molecule has 0 spiro atoms. The van der Waals surface area contributed by atoms with E-state index < -0.39 is 12.0 Å². The summed E-state index contributed by atoms with van der Waals surface area (Å²) in [5.74, 6) is 0.497. The van der Waals surface area contributed by atoms with Gasteiger partial charge in [0, 0.05) is 19.8 Å². The van der Waals surface area contributed by atoms with Crippen molar-refractivity contribution in [1.82, 2.24) is 4.57 Å². The number of nitrogens with zero attached hydrogens (tertiary/aromatic N) is 3. The topological polar surface area (TPSA) is 82.4 Å². The van der Waals surface area contributed by atoms with Gasteiger partial charge in [0.1, 0.15) is 0 Å². The van der Waals surface area contributed by atoms with E-state index in [0.717, 1.165) is 11.3 Å². The van der Waals surface area contributed by atoms with E-state index in [1.54, 1.807) is 30.7 Å². The molecule has 1 aliphatic rings. The van der Waals surface area contributed by atoms with Crippen LogP contribution in [0.4, 0.5) is 5.69 Å². The van der Waals surface area contributed by atoms with Gasteiger partial charge in [-0.1, -0.05) is 29.5 Å². The molecular weight excluding hydrogens is 466 g/mol. The van der Waals surface area contributed by atoms with Gasteiger partial charge in [-0.3, -0.25) is 9.36 Å². The Morgan fingerprint density at radius 2 is 1.74 bits per heavy atom. The van der Waals surface area contributed by atoms with Gasteiger partial charge in [0.15, 0.2) is 16.3 Å². The van der Waals surface area contributed by atoms with E-state index in [9.17, 15) is 9.59 Å². The lowest BCUT2D eigenvalue weighted by Crippen LogP contribution is -2.39. The number of esters is 1. The lowest BCUT2D eigenvalue weighted by Gasteiger charge is -2.25. The molecule has 0 N–H and O–H groups in total. The molecule has 0 saturated carbocycles. The fraction of sp³-hybridized carbons (Fsp3) is 0.269. The summed E-state index contributed by atoms with van der Waals surface area (Å²) in [6.45, 7) is 1.75. The lowest BCUT2D eigenvalue weighted by molar-refractivity contribution is -0.136. The number of anilines is 1. The SMILES string of the molecule is COC(=O)C1=C(C)N=c2s/c(=C/c3ccc(N(C)C)cc3)c(=O)n2[C@H]1c1ccc(OC)c(OC)c1. The highest BCUT2D eigenvalue weighted by molar-refractivity contribution is 7.07. The molecular formula is C26H27N3O5S. The van der Waals surface area contributed by atoms with Gasteiger partial charge in [0.05, 0.1) is 43.2 Å². The van der Waals surface area contributed by atoms with Crippen molar-refractivity contribution < 1.29 is 19.0 Å². The number of carbonyl (C=O) groups is 1. The third-order valence-corrected chi connectivity index (χ3v) is 6.84. The second kappa shape index (κ2) is 9.79. The number of fused-ring (bicyclic) bond motifs is 1. The number of allylic oxidation sites excluding steroid dienone is 1. The van der Waals surface area contributed by atoms with Gasteiger partial charge in [-0.05, 0) is 48.4 Å². The van der Waals surface area contributed by atoms with Crippen molar-refractivity contribution in [3.63, 3.8) is 0 Å². The normalized spacial score (nSPS) is 15.4. The zero-order chi connectivity index (χ0) is 25.3. The molecule has 2 heterocycles. The number of hydrogen-bond acceptors (Lipinski definition) is 8. The summed E-state index contributed by atoms with van der Waals surface area (Å²) in [4.78, 5) is 33.6. The van der Waals surface area contributed by atoms with Gasteiger partial charge in [0.25, 0.3) is 5.56 Å². The minimum absolute atomic E-state index is 0.237. The van der Waals surface area contributed by atoms with Gasteiger partial charge in [-0.25, -0.2) is 9.79 Å². The van der Waals surface area contributed by atoms with Crippen molar-refractivity contribution in [2.45, 2.75) is 13.0 Å². The largest absolute Gasteiger partial charge is 0.493 e. The monoisotopic (exact) mass is 493 g/mol. The van der Waals surface area contributed by atoms with Gasteiger partial charge in [-0.2, -0.15) is 0 Å². The first-order valence-corrected chi connectivity index (χ1v) is 11.7. The highest BCUT2D eigenvalue weighted by Gasteiger charge is 2.33. The first kappa shape index (κ1) is 24.3. The first-order valence-electron chi connectivity index (χ1n) is 10.9. The molecule has 0 saturated heterocycles. The molecule has 35 heavy (non-hydrogen) atoms. The van der Waals surface area contributed by atoms with Crippen LogP contribution in [0.1, 0.15) is 24.1 Å². The van der Waals surface area contributed by atoms with Crippen molar-refractivity contribution in [3.05, 3.63) is 84.5 Å². The van der Waals surface area contributed by atoms with Crippen LogP contribution in [-0.4, -0.2) is 46.0 Å². The number of ether oxygens (including phenoxy) is 3. The van der Waals surface area contributed by atoms with Crippen LogP contribution >= 0.6 is 11.3 Å². The predicted molar refractivity (Wildman–Crippen MR) is 136 cm³/mol. The molecule has 1 aromatic heterocycles. The van der Waals surface area contributed by atoms with E-state index in [2.05, 4.69) is 4.99 Å². The van der Waals surface area contributed by atoms with Gasteiger partial charge in [0.2, 0.25) is 0 Å². The molecule has 0 bridgehead atoms. The van der Waals surface area contributed by atoms with Crippen molar-refractivity contribution >= 4 is 29.1 Å². The van der Waals surface area contributed by atoms with E-state index in [1.165, 1.54) is 25.6 Å². The number of benzene rings is 2. The number of hydrogen-bond donors (Lipinski definition) is 0. The highest BCUT2D eigenvalue weighted by Crippen LogP contribution is 2.35. The van der Waals surface area contributed by atoms with Crippen LogP contribution in [0.5, 0.6) is 11.5 Å². The molecule has 9 heteroatoms. The summed E-state index contributed by atoms with van der Waals surface area (Å²) < 4.78 is 18.0. The Bertz CT molecular complexity index is 1480. The Morgan fingerprint density at radius 1 is 1.06 bits per heavy atom. The number of aromatic nitrogens is 1. The smallest absolute Gasteiger partial charge is 0.338 e. The molecule has 3 aromatic rings. The lowest BCUT2D eigenvalue weighted by atomic mass is 9.95. The van der Waals surface area contributed by atoms with Crippen LogP contribution in [0.3, 0.4) is 0 Å². The Hall–Kier alpha value is -3.85. The number of thiazole rings is 1. The molecule has 1 atom stereocenters. The standard InChI is InChI=1S/C26H27N3O5S/c1-15-22(25(31)34-6)23(17-9-12-19(32-4)20(14-17)33-5)29-24(30)21(35-26(29)27-15)13-16-7-10-18(11-8-16)28(2)3/h7-14,23H,1-6H3/b21-13+/t23-/m0/s1. The molecule has 0 fully saturated rings. The summed E-state index contributed by atoms with van der Waals surface area (Å²) >= 11 is 1.28. The first-order chi connectivity index (χ1) is 16.8. The van der Waals surface area contributed by atoms with Crippen molar-refractivity contribution in [1.29, 1.82) is 0 Å². The maximum absolute atomic E-state index is 13.7. The third kappa shape index (κ3) is 4.46. The van der Waals surface area contributed by atoms with Crippen molar-refractivity contribution in [2.75, 3.05) is 40.3 Å². The third-order valence-electron chi connectivity index (χ3n) is 5.86. The van der Waals surface area contributed by atoms with Crippen LogP contribution in [-0.2, 0) is 9.53 Å². The average molecular weight is 494 g/mol. The Kier molecular flexibility index (Phi) is 6.79. The fourth-order valence-electron chi connectivity index (χ4n) is 4.05. The molecule has 8 nitrogen and oxygen atoms in total. The summed E-state index contributed by atoms with van der Waals surface area (Å²) in [7, 11) is 8.36. The molecule has 0 unspecified atom stereocenters. The Balaban J connectivity index is 1.93. The second-order valence-electron chi connectivity index (χ2n) is 8.17. The number of carbonyl (C=O) groups excluding carboxylic acids is 1. The van der Waals surface area contributed by atoms with Gasteiger partial charge in [-0.15, -0.1) is 0 Å². The van der Waals surface area contributed by atoms with E-state index in [0.29, 0.717) is 37.7 Å². The predicted octanol–water partition coefficient (Wildman–Crippen LogP) is 2.49. The van der Waals surface area contributed by atoms with E-state index in [1.807, 2.05) is 55.4 Å². The maximum Gasteiger partial charge on any atom is 0.338 e. The van der Waals surface area contributed by atoms with E-state index in [4.69, 9.17) is 14.2 Å². The van der Waals surface area contributed by atoms with Crippen molar-refractivity contribution in [2.24, 2.45) is 4.99 Å². The fourth-order valence-corrected chi connectivity index (χ4v) is 5.10. The molecule has 4 rings (SSSR count). The molecule has 0 aliphatic carbocycles. The molecule has 0 amide bonds. The van der Waals surface area contributed by atoms with E-state index in [-0.39, 0.29) is 5.56 Å². The summed E-state index contributed by atoms with van der Waals surface area (Å²) in [5, 5.41) is 0. The molecule has 182 valence electrons. The van der Waals surface area contributed by atoms with Crippen LogP contribution in [0.2, 0.25) is 0 Å². The second-order valence-corrected chi connectivity index (χ2v) is 9.18. The van der Waals surface area contributed by atoms with E-state index >= 15 is 0 Å². The summed E-state index contributed by atoms with van der Waals surface area (Å²) in [6.07, 6.45) is 1.84. The van der Waals surface area contributed by atoms with Crippen molar-refractivity contribution in [3.8, 4) is 11.5 Å².